The second-order valence-electron chi connectivity index (χ2n) is 8.84. The second-order valence-corrected chi connectivity index (χ2v) is 8.84. The highest BCUT2D eigenvalue weighted by Crippen LogP contribution is 2.32. The molecule has 2 aliphatic heterocycles. The van der Waals surface area contributed by atoms with Crippen LogP contribution in [0.3, 0.4) is 0 Å². The Kier molecular flexibility index (Phi) is 5.24. The molecule has 0 radical (unpaired) electrons. The van der Waals surface area contributed by atoms with E-state index in [-0.39, 0.29) is 5.91 Å². The van der Waals surface area contributed by atoms with Gasteiger partial charge in [-0.1, -0.05) is 48.5 Å². The number of para-hydroxylation sites is 1. The third-order valence-corrected chi connectivity index (χ3v) is 6.78. The fourth-order valence-electron chi connectivity index (χ4n) is 5.30. The molecule has 3 heterocycles. The Hall–Kier alpha value is -3.12. The smallest absolute Gasteiger partial charge is 0.324 e. The maximum Gasteiger partial charge on any atom is 0.324 e. The molecule has 0 saturated carbocycles. The summed E-state index contributed by atoms with van der Waals surface area (Å²) in [6.45, 7) is 4.69. The van der Waals surface area contributed by atoms with Crippen LogP contribution in [0.2, 0.25) is 0 Å². The first-order valence-corrected chi connectivity index (χ1v) is 11.1. The number of hydrogen-bond donors (Lipinski definition) is 1. The number of fused-ring (bicyclic) bond motifs is 2. The molecule has 0 bridgehead atoms. The maximum absolute atomic E-state index is 13.3. The molecule has 6 nitrogen and oxygen atoms in total. The monoisotopic (exact) mass is 416 g/mol. The lowest BCUT2D eigenvalue weighted by atomic mass is 10.0. The van der Waals surface area contributed by atoms with E-state index >= 15 is 0 Å². The first-order valence-electron chi connectivity index (χ1n) is 11.1. The van der Waals surface area contributed by atoms with Crippen molar-refractivity contribution in [2.75, 3.05) is 32.7 Å². The Bertz CT molecular complexity index is 1090. The summed E-state index contributed by atoms with van der Waals surface area (Å²) in [4.78, 5) is 29.8. The fourth-order valence-corrected chi connectivity index (χ4v) is 5.30. The van der Waals surface area contributed by atoms with Gasteiger partial charge in [-0.05, 0) is 48.9 Å². The van der Waals surface area contributed by atoms with Crippen molar-refractivity contribution in [3.05, 3.63) is 71.9 Å². The molecule has 5 rings (SSSR count). The molecular formula is C25H28N4O2. The molecule has 0 spiro atoms. The predicted molar refractivity (Wildman–Crippen MR) is 121 cm³/mol. The number of aromatic nitrogens is 1. The molecule has 2 atom stereocenters. The minimum Gasteiger partial charge on any atom is -0.351 e. The molecular weight excluding hydrogens is 388 g/mol. The molecule has 1 aromatic heterocycles. The standard InChI is InChI=1S/C25H28N4O2/c26-25(31)29-22-11-5-4-10-19(22)13-23(29)24(30)28-16-20-14-27(15-21(20)17-28)12-6-9-18-7-2-1-3-8-18/h1-5,7-8,10-11,13,20-21H,6,9,12,14-17H2,(H2,26,31)/t20-,21?/m0/s1. The van der Waals surface area contributed by atoms with E-state index in [1.54, 1.807) is 6.07 Å². The lowest BCUT2D eigenvalue weighted by molar-refractivity contribution is 0.0765. The Morgan fingerprint density at radius 3 is 2.29 bits per heavy atom. The van der Waals surface area contributed by atoms with Crippen molar-refractivity contribution < 1.29 is 9.59 Å². The zero-order valence-corrected chi connectivity index (χ0v) is 17.6. The summed E-state index contributed by atoms with van der Waals surface area (Å²) in [6.07, 6.45) is 2.26. The number of amides is 2. The van der Waals surface area contributed by atoms with Crippen LogP contribution in [0.4, 0.5) is 4.79 Å². The Balaban J connectivity index is 1.21. The first kappa shape index (κ1) is 19.8. The summed E-state index contributed by atoms with van der Waals surface area (Å²) in [7, 11) is 0. The van der Waals surface area contributed by atoms with Crippen molar-refractivity contribution in [1.82, 2.24) is 14.4 Å². The van der Waals surface area contributed by atoms with E-state index in [0.29, 0.717) is 23.0 Å². The number of primary amides is 1. The summed E-state index contributed by atoms with van der Waals surface area (Å²) in [6, 6.07) is 19.3. The van der Waals surface area contributed by atoms with E-state index in [0.717, 1.165) is 51.0 Å². The molecule has 2 aromatic carbocycles. The molecule has 6 heteroatoms. The highest BCUT2D eigenvalue weighted by molar-refractivity contribution is 6.04. The van der Waals surface area contributed by atoms with Gasteiger partial charge in [-0.3, -0.25) is 9.36 Å². The van der Waals surface area contributed by atoms with E-state index in [2.05, 4.69) is 35.2 Å². The lowest BCUT2D eigenvalue weighted by Crippen LogP contribution is -2.36. The van der Waals surface area contributed by atoms with Crippen molar-refractivity contribution in [3.63, 3.8) is 0 Å². The van der Waals surface area contributed by atoms with Gasteiger partial charge in [0.2, 0.25) is 0 Å². The summed E-state index contributed by atoms with van der Waals surface area (Å²) >= 11 is 0. The third kappa shape index (κ3) is 3.83. The summed E-state index contributed by atoms with van der Waals surface area (Å²) in [5.41, 5.74) is 8.05. The van der Waals surface area contributed by atoms with Crippen molar-refractivity contribution in [1.29, 1.82) is 0 Å². The number of likely N-dealkylation sites (tertiary alicyclic amines) is 2. The van der Waals surface area contributed by atoms with E-state index in [1.807, 2.05) is 29.2 Å². The van der Waals surface area contributed by atoms with Gasteiger partial charge in [0.05, 0.1) is 5.52 Å². The van der Waals surface area contributed by atoms with Gasteiger partial charge in [-0.15, -0.1) is 0 Å². The average Bonchev–Trinajstić information content (AvgIpc) is 3.45. The summed E-state index contributed by atoms with van der Waals surface area (Å²) < 4.78 is 1.35. The van der Waals surface area contributed by atoms with Gasteiger partial charge >= 0.3 is 6.03 Å². The van der Waals surface area contributed by atoms with Gasteiger partial charge in [0.1, 0.15) is 5.69 Å². The van der Waals surface area contributed by atoms with E-state index in [4.69, 9.17) is 5.73 Å². The molecule has 160 valence electrons. The van der Waals surface area contributed by atoms with Crippen LogP contribution in [0, 0.1) is 11.8 Å². The zero-order chi connectivity index (χ0) is 21.4. The number of rotatable bonds is 5. The van der Waals surface area contributed by atoms with Crippen LogP contribution in [0.5, 0.6) is 0 Å². The molecule has 3 aromatic rings. The topological polar surface area (TPSA) is 71.6 Å². The van der Waals surface area contributed by atoms with Crippen LogP contribution in [-0.2, 0) is 6.42 Å². The molecule has 2 amide bonds. The van der Waals surface area contributed by atoms with Crippen LogP contribution in [0.25, 0.3) is 10.9 Å². The van der Waals surface area contributed by atoms with Gasteiger partial charge in [-0.25, -0.2) is 4.79 Å². The highest BCUT2D eigenvalue weighted by atomic mass is 16.2. The average molecular weight is 417 g/mol. The van der Waals surface area contributed by atoms with Crippen molar-refractivity contribution in [2.45, 2.75) is 12.8 Å². The van der Waals surface area contributed by atoms with Crippen LogP contribution >= 0.6 is 0 Å². The van der Waals surface area contributed by atoms with Crippen LogP contribution in [-0.4, -0.2) is 59.0 Å². The minimum atomic E-state index is -0.617. The van der Waals surface area contributed by atoms with Crippen molar-refractivity contribution in [2.24, 2.45) is 17.6 Å². The molecule has 2 N–H and O–H groups in total. The van der Waals surface area contributed by atoms with Crippen molar-refractivity contribution in [3.8, 4) is 0 Å². The highest BCUT2D eigenvalue weighted by Gasteiger charge is 2.42. The van der Waals surface area contributed by atoms with Gasteiger partial charge in [0.15, 0.2) is 0 Å². The predicted octanol–water partition coefficient (Wildman–Crippen LogP) is 3.20. The van der Waals surface area contributed by atoms with Gasteiger partial charge in [0, 0.05) is 31.6 Å². The number of nitrogens with zero attached hydrogens (tertiary/aromatic N) is 3. The number of carbonyl (C=O) groups excluding carboxylic acids is 2. The van der Waals surface area contributed by atoms with E-state index in [9.17, 15) is 9.59 Å². The van der Waals surface area contributed by atoms with Gasteiger partial charge < -0.3 is 15.5 Å². The number of nitrogens with two attached hydrogens (primary N) is 1. The maximum atomic E-state index is 13.3. The molecule has 2 fully saturated rings. The van der Waals surface area contributed by atoms with Gasteiger partial charge in [-0.2, -0.15) is 0 Å². The van der Waals surface area contributed by atoms with E-state index in [1.165, 1.54) is 10.1 Å². The molecule has 2 saturated heterocycles. The van der Waals surface area contributed by atoms with E-state index < -0.39 is 6.03 Å². The largest absolute Gasteiger partial charge is 0.351 e. The molecule has 1 unspecified atom stereocenters. The fraction of sp³-hybridized carbons (Fsp3) is 0.360. The molecule has 0 aliphatic carbocycles. The van der Waals surface area contributed by atoms with Crippen molar-refractivity contribution >= 4 is 22.8 Å². The SMILES string of the molecule is NC(=O)n1c(C(=O)N2CC3CN(CCCc4ccccc4)C[C@H]3C2)cc2ccccc21. The number of carbonyl (C=O) groups is 2. The Morgan fingerprint density at radius 1 is 0.903 bits per heavy atom. The molecule has 31 heavy (non-hydrogen) atoms. The lowest BCUT2D eigenvalue weighted by Gasteiger charge is -2.22. The minimum absolute atomic E-state index is 0.0972. The normalized spacial score (nSPS) is 21.0. The quantitative estimate of drug-likeness (QED) is 0.694. The summed E-state index contributed by atoms with van der Waals surface area (Å²) in [5.74, 6) is 0.916. The molecule has 2 aliphatic rings. The Morgan fingerprint density at radius 2 is 1.58 bits per heavy atom. The van der Waals surface area contributed by atoms with Crippen LogP contribution < -0.4 is 5.73 Å². The second kappa shape index (κ2) is 8.19. The summed E-state index contributed by atoms with van der Waals surface area (Å²) in [5, 5.41) is 0.855. The van der Waals surface area contributed by atoms with Crippen LogP contribution in [0.1, 0.15) is 22.5 Å². The van der Waals surface area contributed by atoms with Crippen LogP contribution in [0.15, 0.2) is 60.7 Å². The number of aryl methyl sites for hydroxylation is 1. The number of hydrogen-bond acceptors (Lipinski definition) is 3. The van der Waals surface area contributed by atoms with Gasteiger partial charge in [0.25, 0.3) is 5.91 Å². The zero-order valence-electron chi connectivity index (χ0n) is 17.6. The number of benzene rings is 2. The Labute approximate surface area is 182 Å². The first-order chi connectivity index (χ1) is 15.1. The third-order valence-electron chi connectivity index (χ3n) is 6.78.